The third-order valence-corrected chi connectivity index (χ3v) is 4.93. The molecule has 2 aromatic rings. The Morgan fingerprint density at radius 1 is 1.21 bits per heavy atom. The SMILES string of the molecule is CC(C)(C)c1ccc([C@@H]2C[C@@H]2C(=O)N/N=C\c2cccc([N+](=O)[O-])c2[O-])cc1. The van der Waals surface area contributed by atoms with E-state index in [1.807, 2.05) is 0 Å². The monoisotopic (exact) mass is 380 g/mol. The van der Waals surface area contributed by atoms with E-state index in [0.717, 1.165) is 24.3 Å². The molecule has 0 heterocycles. The van der Waals surface area contributed by atoms with Crippen molar-refractivity contribution in [3.05, 3.63) is 69.3 Å². The molecule has 1 saturated carbocycles. The number of rotatable bonds is 5. The van der Waals surface area contributed by atoms with Gasteiger partial charge in [-0.15, -0.1) is 0 Å². The van der Waals surface area contributed by atoms with Gasteiger partial charge in [0, 0.05) is 12.0 Å². The van der Waals surface area contributed by atoms with Crippen molar-refractivity contribution < 1.29 is 14.8 Å². The minimum atomic E-state index is -0.738. The highest BCUT2D eigenvalue weighted by molar-refractivity contribution is 5.88. The Hall–Kier alpha value is -3.22. The Morgan fingerprint density at radius 2 is 1.89 bits per heavy atom. The molecule has 0 spiro atoms. The van der Waals surface area contributed by atoms with Crippen molar-refractivity contribution in [1.29, 1.82) is 0 Å². The summed E-state index contributed by atoms with van der Waals surface area (Å²) in [6.07, 6.45) is 1.89. The van der Waals surface area contributed by atoms with E-state index in [-0.39, 0.29) is 28.7 Å². The molecule has 0 radical (unpaired) electrons. The van der Waals surface area contributed by atoms with Crippen LogP contribution in [0.25, 0.3) is 0 Å². The zero-order chi connectivity index (χ0) is 20.5. The molecule has 2 aromatic carbocycles. The van der Waals surface area contributed by atoms with Crippen LogP contribution in [0.2, 0.25) is 0 Å². The Labute approximate surface area is 163 Å². The van der Waals surface area contributed by atoms with Gasteiger partial charge >= 0.3 is 0 Å². The molecule has 2 atom stereocenters. The molecule has 28 heavy (non-hydrogen) atoms. The van der Waals surface area contributed by atoms with Gasteiger partial charge in [0.25, 0.3) is 5.69 Å². The van der Waals surface area contributed by atoms with Crippen LogP contribution in [0.1, 0.15) is 49.8 Å². The lowest BCUT2D eigenvalue weighted by Gasteiger charge is -2.19. The predicted molar refractivity (Wildman–Crippen MR) is 104 cm³/mol. The summed E-state index contributed by atoms with van der Waals surface area (Å²) in [5, 5.41) is 26.5. The molecule has 1 aliphatic rings. The van der Waals surface area contributed by atoms with Gasteiger partial charge in [-0.3, -0.25) is 14.9 Å². The van der Waals surface area contributed by atoms with Crippen molar-refractivity contribution in [1.82, 2.24) is 5.43 Å². The summed E-state index contributed by atoms with van der Waals surface area (Å²) in [4.78, 5) is 22.3. The van der Waals surface area contributed by atoms with E-state index in [1.165, 1.54) is 17.7 Å². The van der Waals surface area contributed by atoms with Gasteiger partial charge < -0.3 is 5.11 Å². The zero-order valence-electron chi connectivity index (χ0n) is 16.0. The highest BCUT2D eigenvalue weighted by atomic mass is 16.6. The largest absolute Gasteiger partial charge is 0.867 e. The Balaban J connectivity index is 1.59. The van der Waals surface area contributed by atoms with Gasteiger partial charge in [-0.25, -0.2) is 5.43 Å². The molecule has 1 amide bonds. The van der Waals surface area contributed by atoms with Gasteiger partial charge in [0.1, 0.15) is 0 Å². The van der Waals surface area contributed by atoms with Gasteiger partial charge in [0.05, 0.1) is 11.1 Å². The molecular weight excluding hydrogens is 358 g/mol. The molecule has 1 N–H and O–H groups in total. The summed E-state index contributed by atoms with van der Waals surface area (Å²) in [7, 11) is 0. The number of hydrogen-bond donors (Lipinski definition) is 1. The maximum absolute atomic E-state index is 12.3. The summed E-state index contributed by atoms with van der Waals surface area (Å²) < 4.78 is 0. The van der Waals surface area contributed by atoms with Crippen LogP contribution in [0, 0.1) is 16.0 Å². The average Bonchev–Trinajstić information content (AvgIpc) is 3.43. The molecule has 7 nitrogen and oxygen atoms in total. The number of carbonyl (C=O) groups is 1. The normalized spacial score (nSPS) is 18.8. The fourth-order valence-corrected chi connectivity index (χ4v) is 3.12. The van der Waals surface area contributed by atoms with Gasteiger partial charge in [0.15, 0.2) is 0 Å². The second-order valence-electron chi connectivity index (χ2n) is 8.01. The summed E-state index contributed by atoms with van der Waals surface area (Å²) in [5.74, 6) is -0.945. The van der Waals surface area contributed by atoms with E-state index in [9.17, 15) is 20.0 Å². The first-order chi connectivity index (χ1) is 13.2. The van der Waals surface area contributed by atoms with Crippen molar-refractivity contribution in [2.24, 2.45) is 11.0 Å². The Kier molecular flexibility index (Phi) is 5.18. The van der Waals surface area contributed by atoms with Crippen molar-refractivity contribution in [2.75, 3.05) is 0 Å². The highest BCUT2D eigenvalue weighted by Gasteiger charge is 2.44. The third kappa shape index (κ3) is 4.19. The third-order valence-electron chi connectivity index (χ3n) is 4.93. The van der Waals surface area contributed by atoms with Gasteiger partial charge in [0.2, 0.25) is 5.91 Å². The number of hydrogen-bond acceptors (Lipinski definition) is 5. The van der Waals surface area contributed by atoms with Crippen LogP contribution in [0.15, 0.2) is 47.6 Å². The van der Waals surface area contributed by atoms with Crippen LogP contribution in [-0.4, -0.2) is 17.0 Å². The molecule has 1 aliphatic carbocycles. The lowest BCUT2D eigenvalue weighted by atomic mass is 9.86. The highest BCUT2D eigenvalue weighted by Crippen LogP contribution is 2.47. The maximum Gasteiger partial charge on any atom is 0.262 e. The summed E-state index contributed by atoms with van der Waals surface area (Å²) in [6, 6.07) is 12.3. The number of nitro benzene ring substituents is 1. The van der Waals surface area contributed by atoms with Crippen LogP contribution in [-0.2, 0) is 10.2 Å². The minimum absolute atomic E-state index is 0.0552. The standard InChI is InChI=1S/C21H23N3O4/c1-21(2,3)15-9-7-13(8-10-15)16-11-17(16)20(26)23-22-12-14-5-4-6-18(19(14)25)24(27)28/h4-10,12,16-17,25H,11H2,1-3H3,(H,23,26)/p-1/b22-12-/t16-,17-/m0/s1. The van der Waals surface area contributed by atoms with Crippen LogP contribution < -0.4 is 10.5 Å². The Bertz CT molecular complexity index is 930. The second-order valence-corrected chi connectivity index (χ2v) is 8.01. The lowest BCUT2D eigenvalue weighted by Crippen LogP contribution is -2.20. The molecule has 3 rings (SSSR count). The molecule has 0 aromatic heterocycles. The van der Waals surface area contributed by atoms with Gasteiger partial charge in [-0.2, -0.15) is 5.10 Å². The Morgan fingerprint density at radius 3 is 2.50 bits per heavy atom. The predicted octanol–water partition coefficient (Wildman–Crippen LogP) is 3.22. The number of benzene rings is 2. The van der Waals surface area contributed by atoms with Crippen LogP contribution in [0.5, 0.6) is 5.75 Å². The summed E-state index contributed by atoms with van der Waals surface area (Å²) in [5.41, 5.74) is 4.41. The van der Waals surface area contributed by atoms with E-state index < -0.39 is 16.4 Å². The molecule has 0 bridgehead atoms. The number of para-hydroxylation sites is 1. The molecule has 0 saturated heterocycles. The minimum Gasteiger partial charge on any atom is -0.867 e. The topological polar surface area (TPSA) is 108 Å². The first-order valence-electron chi connectivity index (χ1n) is 9.06. The van der Waals surface area contributed by atoms with Crippen molar-refractivity contribution in [3.8, 4) is 5.75 Å². The maximum atomic E-state index is 12.3. The van der Waals surface area contributed by atoms with E-state index in [1.54, 1.807) is 0 Å². The van der Waals surface area contributed by atoms with Crippen LogP contribution in [0.4, 0.5) is 5.69 Å². The van der Waals surface area contributed by atoms with Gasteiger partial charge in [-0.1, -0.05) is 57.2 Å². The van der Waals surface area contributed by atoms with Crippen molar-refractivity contribution >= 4 is 17.8 Å². The van der Waals surface area contributed by atoms with Crippen molar-refractivity contribution in [2.45, 2.75) is 38.5 Å². The number of carbonyl (C=O) groups excluding carboxylic acids is 1. The van der Waals surface area contributed by atoms with E-state index in [0.29, 0.717) is 0 Å². The molecule has 7 heteroatoms. The van der Waals surface area contributed by atoms with Crippen LogP contribution >= 0.6 is 0 Å². The first kappa shape index (κ1) is 19.5. The molecule has 146 valence electrons. The summed E-state index contributed by atoms with van der Waals surface area (Å²) in [6.45, 7) is 6.46. The zero-order valence-corrected chi connectivity index (χ0v) is 16.0. The molecular formula is C21H22N3O4-. The van der Waals surface area contributed by atoms with E-state index in [2.05, 4.69) is 55.6 Å². The number of nitrogens with zero attached hydrogens (tertiary/aromatic N) is 2. The van der Waals surface area contributed by atoms with E-state index in [4.69, 9.17) is 0 Å². The lowest BCUT2D eigenvalue weighted by molar-refractivity contribution is -0.398. The average molecular weight is 380 g/mol. The fraction of sp³-hybridized carbons (Fsp3) is 0.333. The molecule has 1 fully saturated rings. The molecule has 0 unspecified atom stereocenters. The van der Waals surface area contributed by atoms with Crippen molar-refractivity contribution in [3.63, 3.8) is 0 Å². The fourth-order valence-electron chi connectivity index (χ4n) is 3.12. The van der Waals surface area contributed by atoms with Crippen LogP contribution in [0.3, 0.4) is 0 Å². The molecule has 0 aliphatic heterocycles. The smallest absolute Gasteiger partial charge is 0.262 e. The number of hydrazone groups is 1. The van der Waals surface area contributed by atoms with E-state index >= 15 is 0 Å². The van der Waals surface area contributed by atoms with Gasteiger partial charge in [-0.05, 0) is 40.2 Å². The summed E-state index contributed by atoms with van der Waals surface area (Å²) >= 11 is 0. The number of amides is 1. The number of nitrogens with one attached hydrogen (secondary N) is 1. The number of nitro groups is 1. The quantitative estimate of drug-likeness (QED) is 0.488. The first-order valence-corrected chi connectivity index (χ1v) is 9.06. The second kappa shape index (κ2) is 7.42.